The zero-order valence-corrected chi connectivity index (χ0v) is 50.0. The molecule has 7 aromatic carbocycles. The molecule has 0 unspecified atom stereocenters. The van der Waals surface area contributed by atoms with Gasteiger partial charge in [0.15, 0.2) is 0 Å². The van der Waals surface area contributed by atoms with Crippen molar-refractivity contribution in [2.24, 2.45) is 0 Å². The second-order valence-corrected chi connectivity index (χ2v) is 23.0. The first-order chi connectivity index (χ1) is 33.9. The van der Waals surface area contributed by atoms with Crippen molar-refractivity contribution in [3.63, 3.8) is 0 Å². The van der Waals surface area contributed by atoms with Crippen LogP contribution in [0.5, 0.6) is 5.75 Å². The maximum atomic E-state index is 12.4. The van der Waals surface area contributed by atoms with E-state index in [0.717, 1.165) is 49.6 Å². The zero-order chi connectivity index (χ0) is 54.5. The summed E-state index contributed by atoms with van der Waals surface area (Å²) in [6.45, 7) is 2.25. The molecule has 73 heavy (non-hydrogen) atoms. The van der Waals surface area contributed by atoms with Crippen LogP contribution in [0.3, 0.4) is 0 Å². The van der Waals surface area contributed by atoms with Crippen LogP contribution in [0.15, 0.2) is 10.9 Å². The Balaban J connectivity index is 1.65. The molecule has 0 aliphatic heterocycles. The fourth-order valence-electron chi connectivity index (χ4n) is 13.3. The minimum atomic E-state index is 0.315. The second-order valence-electron chi connectivity index (χ2n) is 23.0. The Morgan fingerprint density at radius 1 is 0.384 bits per heavy atom. The number of allylic oxidation sites excluding steroid dienone is 2. The zero-order valence-electron chi connectivity index (χ0n) is 50.0. The summed E-state index contributed by atoms with van der Waals surface area (Å²) in [7, 11) is 64.6. The Kier molecular flexibility index (Phi) is 14.3. The van der Waals surface area contributed by atoms with Gasteiger partial charge in [-0.1, -0.05) is 0 Å². The fraction of sp³-hybridized carbons (Fsp3) is 0.0233. The number of phenolic OH excluding ortho intramolecular Hbond substituents is 1. The summed E-state index contributed by atoms with van der Waals surface area (Å²) in [6.07, 6.45) is 0. The number of hydrogen-bond acceptors (Lipinski definition) is 2. The van der Waals surface area contributed by atoms with E-state index in [1.165, 1.54) is 175 Å². The van der Waals surface area contributed by atoms with Crippen molar-refractivity contribution in [1.82, 2.24) is 9.55 Å². The van der Waals surface area contributed by atoms with Crippen molar-refractivity contribution in [2.75, 3.05) is 0 Å². The first-order valence-electron chi connectivity index (χ1n) is 26.7. The Bertz CT molecular complexity index is 4030. The van der Waals surface area contributed by atoms with Crippen LogP contribution in [0.1, 0.15) is 6.92 Å². The third-order valence-corrected chi connectivity index (χ3v) is 19.9. The molecule has 1 aromatic heterocycles. The molecule has 30 heteroatoms. The van der Waals surface area contributed by atoms with Crippen molar-refractivity contribution in [3.8, 4) is 45.1 Å². The normalized spacial score (nSPS) is 12.5. The number of hydrogen-bond donors (Lipinski definition) is 1. The molecule has 3 nitrogen and oxygen atoms in total. The Morgan fingerprint density at radius 3 is 1.23 bits per heavy atom. The average Bonchev–Trinajstić information content (AvgIpc) is 3.73. The Morgan fingerprint density at radius 2 is 0.740 bits per heavy atom. The molecule has 0 atom stereocenters. The number of imidazole rings is 1. The van der Waals surface area contributed by atoms with Crippen LogP contribution >= 0.6 is 0 Å². The van der Waals surface area contributed by atoms with Crippen molar-refractivity contribution >= 4 is 375 Å². The number of benzene rings is 7. The van der Waals surface area contributed by atoms with E-state index in [1.807, 2.05) is 7.85 Å². The second kappa shape index (κ2) is 19.1. The predicted molar refractivity (Wildman–Crippen MR) is 409 cm³/mol. The number of phenols is 1. The molecule has 1 N–H and O–H groups in total. The summed E-state index contributed by atoms with van der Waals surface area (Å²) in [5.74, 6) is 1.18. The van der Waals surface area contributed by atoms with Gasteiger partial charge in [-0.3, -0.25) is 0 Å². The SMILES string of the molecule is B=c1c(-c2c(B)c(B)c(-c3nc4c(B)c(B)c(B)c(B)c4n3-c3c(B)c(B)c(B)c(B)c3O)c(B)c2B)c2c(B)c(B)c(B)c(B)c2c(-c2c(B)c(B)c3c(B)c(B)c(B)c(B)c3c2B)/c1=C(B)/C(B)=C(/B)C. The summed E-state index contributed by atoms with van der Waals surface area (Å²) in [5, 5.41) is 20.1. The molecule has 326 valence electrons. The van der Waals surface area contributed by atoms with Gasteiger partial charge in [0, 0.05) is 0 Å². The molecular formula is C43H57B27N2O. The number of rotatable bonds is 5. The van der Waals surface area contributed by atoms with E-state index in [9.17, 15) is 5.11 Å². The van der Waals surface area contributed by atoms with E-state index in [-0.39, 0.29) is 0 Å². The molecule has 0 aliphatic rings. The summed E-state index contributed by atoms with van der Waals surface area (Å²) in [4.78, 5) is 5.72. The molecule has 8 rings (SSSR count). The molecule has 0 saturated heterocycles. The van der Waals surface area contributed by atoms with Crippen LogP contribution in [-0.2, 0) is 0 Å². The van der Waals surface area contributed by atoms with Crippen molar-refractivity contribution < 1.29 is 5.11 Å². The van der Waals surface area contributed by atoms with Crippen LogP contribution in [-0.4, -0.2) is 226 Å². The molecule has 1 heterocycles. The molecule has 0 fully saturated rings. The van der Waals surface area contributed by atoms with Crippen LogP contribution in [0.2, 0.25) is 0 Å². The van der Waals surface area contributed by atoms with Crippen molar-refractivity contribution in [3.05, 3.63) is 21.3 Å². The van der Waals surface area contributed by atoms with Gasteiger partial charge in [-0.2, -0.15) is 0 Å². The average molecular weight is 910 g/mol. The molecule has 0 bridgehead atoms. The number of nitrogens with zero attached hydrogens (tertiary/aromatic N) is 2. The van der Waals surface area contributed by atoms with E-state index in [1.54, 1.807) is 0 Å². The van der Waals surface area contributed by atoms with Gasteiger partial charge in [-0.15, -0.1) is 0 Å². The van der Waals surface area contributed by atoms with Crippen LogP contribution < -0.4 is 131 Å². The quantitative estimate of drug-likeness (QED) is 0.175. The van der Waals surface area contributed by atoms with Gasteiger partial charge >= 0.3 is 455 Å². The van der Waals surface area contributed by atoms with Crippen LogP contribution in [0, 0.1) is 5.11 Å². The minimum absolute atomic E-state index is 0.315. The van der Waals surface area contributed by atoms with Gasteiger partial charge in [0.1, 0.15) is 7.85 Å². The number of aromatic hydroxyl groups is 1. The van der Waals surface area contributed by atoms with Crippen LogP contribution in [0.4, 0.5) is 0 Å². The van der Waals surface area contributed by atoms with Gasteiger partial charge in [-0.25, -0.2) is 0 Å². The topological polar surface area (TPSA) is 38.0 Å². The molecule has 0 radical (unpaired) electrons. The number of aromatic nitrogens is 2. The maximum absolute atomic E-state index is 12.4. The summed E-state index contributed by atoms with van der Waals surface area (Å²) in [6, 6.07) is 0. The molecule has 8 aromatic rings. The third kappa shape index (κ3) is 7.63. The number of fused-ring (bicyclic) bond motifs is 3. The predicted octanol–water partition coefficient (Wildman–Crippen LogP) is -33.6. The Labute approximate surface area is 460 Å². The van der Waals surface area contributed by atoms with Crippen molar-refractivity contribution in [2.45, 2.75) is 6.92 Å². The third-order valence-electron chi connectivity index (χ3n) is 19.9. The summed E-state index contributed by atoms with van der Waals surface area (Å²) >= 11 is 0. The molecular weight excluding hydrogens is 852 g/mol. The van der Waals surface area contributed by atoms with Crippen LogP contribution in [0.25, 0.3) is 77.4 Å². The van der Waals surface area contributed by atoms with E-state index >= 15 is 0 Å². The van der Waals surface area contributed by atoms with Gasteiger partial charge in [0.2, 0.25) is 0 Å². The van der Waals surface area contributed by atoms with E-state index in [0.29, 0.717) is 5.75 Å². The summed E-state index contributed by atoms with van der Waals surface area (Å²) in [5.41, 5.74) is 41.8. The van der Waals surface area contributed by atoms with Gasteiger partial charge < -0.3 is 0 Å². The molecule has 0 aliphatic carbocycles. The van der Waals surface area contributed by atoms with E-state index in [2.05, 4.69) is 208 Å². The molecule has 0 saturated carbocycles. The molecule has 0 amide bonds. The van der Waals surface area contributed by atoms with Gasteiger partial charge in [0.05, 0.1) is 0 Å². The monoisotopic (exact) mass is 915 g/mol. The Hall–Kier alpha value is -4.31. The van der Waals surface area contributed by atoms with Crippen molar-refractivity contribution in [1.29, 1.82) is 0 Å². The fourth-order valence-corrected chi connectivity index (χ4v) is 13.3. The van der Waals surface area contributed by atoms with E-state index < -0.39 is 0 Å². The molecule has 0 spiro atoms. The van der Waals surface area contributed by atoms with Gasteiger partial charge in [0.25, 0.3) is 0 Å². The first-order valence-corrected chi connectivity index (χ1v) is 26.7. The standard InChI is InChI=1S/C43H57B27N2O/c1-2(44)13(45)18(50)7-3(8-15(47)10-11(22(54)19(8)51)24(56)30(62)29(61)23(10)55)4-5(17(49)28(60)27(59)16(4)48)6(14(7)46)9-20(52)25(57)12(26(58)21(9)53)43-71-39-35(67)31(63)32(64)36(68)40(39)72(43)41-37(69)33(65)34(66)38(70)42(41)73/h46,73H,44-45,47-70H2,1H3/b13-2-,18-7+. The van der Waals surface area contributed by atoms with Gasteiger partial charge in [-0.05, 0) is 0 Å². The van der Waals surface area contributed by atoms with E-state index in [4.69, 9.17) is 12.5 Å². The summed E-state index contributed by atoms with van der Waals surface area (Å²) < 4.78 is 2.32. The first kappa shape index (κ1) is 54.9.